The van der Waals surface area contributed by atoms with Crippen LogP contribution in [0, 0.1) is 0 Å². The summed E-state index contributed by atoms with van der Waals surface area (Å²) in [6.45, 7) is -3.61. The molecule has 6 heterocycles. The van der Waals surface area contributed by atoms with E-state index in [1.165, 1.54) is 0 Å². The number of aliphatic hydroxyl groups is 18. The van der Waals surface area contributed by atoms with Crippen molar-refractivity contribution in [2.45, 2.75) is 198 Å². The lowest BCUT2D eigenvalue weighted by Gasteiger charge is -2.50. The number of carbonyl (C=O) groups is 2. The van der Waals surface area contributed by atoms with Crippen LogP contribution in [0.25, 0.3) is 0 Å². The van der Waals surface area contributed by atoms with E-state index in [2.05, 4.69) is 10.6 Å². The minimum atomic E-state index is -2.31. The molecule has 0 aromatic rings. The predicted molar refractivity (Wildman–Crippen MR) is 222 cm³/mol. The SMILES string of the molecule is CC(=O)N[C@@H]1[C@@H](O)[C@H](O[C@@H]2O[C@H](CO)[C@@H](O[C@@H]3O[C@H](CO[C@H]4O[C@H](CO)[C@@H](O)[C@H](O)[C@@H]4O)[C@@H](O)[C@H](O[C@@H]4O[C@H](CO)[C@@H](O)[C@H](O[C@@H]5O[C@H](CO)[C@@H](O)[C@H](O)[C@@H]5O)[C@@H]4O)[C@@H]3O)[C@H](O)[C@H]2NC(C)=O)[C@@H](CO)O[C@H]1O. The zero-order chi connectivity index (χ0) is 53.9. The van der Waals surface area contributed by atoms with Gasteiger partial charge in [-0.1, -0.05) is 0 Å². The van der Waals surface area contributed by atoms with Gasteiger partial charge in [0, 0.05) is 13.8 Å². The second-order valence-corrected chi connectivity index (χ2v) is 18.3. The zero-order valence-corrected chi connectivity index (χ0v) is 38.9. The third kappa shape index (κ3) is 13.0. The third-order valence-corrected chi connectivity index (χ3v) is 13.2. The Morgan fingerprint density at radius 1 is 0.356 bits per heavy atom. The molecule has 0 aliphatic carbocycles. The second kappa shape index (κ2) is 26.0. The average Bonchev–Trinajstić information content (AvgIpc) is 3.35. The summed E-state index contributed by atoms with van der Waals surface area (Å²) >= 11 is 0. The topological polar surface area (TPSA) is 524 Å². The van der Waals surface area contributed by atoms with E-state index in [-0.39, 0.29) is 0 Å². The largest absolute Gasteiger partial charge is 0.394 e. The molecule has 6 saturated heterocycles. The van der Waals surface area contributed by atoms with Crippen LogP contribution in [0.4, 0.5) is 0 Å². The first-order valence-corrected chi connectivity index (χ1v) is 23.1. The summed E-state index contributed by atoms with van der Waals surface area (Å²) in [5.74, 6) is -1.56. The quantitative estimate of drug-likeness (QED) is 0.0606. The lowest BCUT2D eigenvalue weighted by molar-refractivity contribution is -0.392. The number of rotatable bonds is 18. The lowest BCUT2D eigenvalue weighted by atomic mass is 9.94. The van der Waals surface area contributed by atoms with Gasteiger partial charge in [0.25, 0.3) is 0 Å². The maximum Gasteiger partial charge on any atom is 0.217 e. The van der Waals surface area contributed by atoms with Crippen molar-refractivity contribution in [3.8, 4) is 0 Å². The molecule has 6 aliphatic rings. The number of hydrogen-bond donors (Lipinski definition) is 20. The Morgan fingerprint density at radius 2 is 0.699 bits per heavy atom. The third-order valence-electron chi connectivity index (χ3n) is 13.2. The van der Waals surface area contributed by atoms with Gasteiger partial charge in [0.05, 0.1) is 39.6 Å². The summed E-state index contributed by atoms with van der Waals surface area (Å²) in [4.78, 5) is 24.5. The van der Waals surface area contributed by atoms with Crippen molar-refractivity contribution in [3.05, 3.63) is 0 Å². The Kier molecular flexibility index (Phi) is 21.3. The van der Waals surface area contributed by atoms with Gasteiger partial charge in [-0.2, -0.15) is 0 Å². The molecule has 0 aromatic carbocycles. The highest BCUT2D eigenvalue weighted by Crippen LogP contribution is 2.36. The highest BCUT2D eigenvalue weighted by atomic mass is 16.8. The van der Waals surface area contributed by atoms with Crippen molar-refractivity contribution < 1.29 is 154 Å². The van der Waals surface area contributed by atoms with Crippen molar-refractivity contribution in [3.63, 3.8) is 0 Å². The normalized spacial score (nSPS) is 49.8. The van der Waals surface area contributed by atoms with Gasteiger partial charge in [0.15, 0.2) is 37.7 Å². The van der Waals surface area contributed by atoms with Gasteiger partial charge in [0.2, 0.25) is 11.8 Å². The molecule has 6 aliphatic heterocycles. The molecule has 30 atom stereocenters. The second-order valence-electron chi connectivity index (χ2n) is 18.3. The van der Waals surface area contributed by atoms with Crippen LogP contribution in [0.1, 0.15) is 13.8 Å². The molecule has 0 bridgehead atoms. The van der Waals surface area contributed by atoms with E-state index >= 15 is 0 Å². The molecule has 6 fully saturated rings. The molecule has 0 spiro atoms. The minimum Gasteiger partial charge on any atom is -0.394 e. The van der Waals surface area contributed by atoms with E-state index in [9.17, 15) is 102 Å². The van der Waals surface area contributed by atoms with Gasteiger partial charge in [-0.25, -0.2) is 0 Å². The Labute approximate surface area is 413 Å². The smallest absolute Gasteiger partial charge is 0.217 e. The fourth-order valence-electron chi connectivity index (χ4n) is 9.21. The lowest BCUT2D eigenvalue weighted by Crippen LogP contribution is -2.70. The number of aliphatic hydroxyl groups excluding tert-OH is 18. The van der Waals surface area contributed by atoms with E-state index in [0.29, 0.717) is 0 Å². The van der Waals surface area contributed by atoms with Crippen LogP contribution in [0.2, 0.25) is 0 Å². The van der Waals surface area contributed by atoms with Gasteiger partial charge in [-0.15, -0.1) is 0 Å². The zero-order valence-electron chi connectivity index (χ0n) is 38.9. The van der Waals surface area contributed by atoms with Crippen LogP contribution in [0.3, 0.4) is 0 Å². The van der Waals surface area contributed by atoms with Gasteiger partial charge < -0.3 is 155 Å². The number of ether oxygens (including phenoxy) is 11. The van der Waals surface area contributed by atoms with E-state index in [1.54, 1.807) is 0 Å². The van der Waals surface area contributed by atoms with Gasteiger partial charge in [-0.05, 0) is 0 Å². The molecule has 2 amide bonds. The Hall–Kier alpha value is -2.22. The summed E-state index contributed by atoms with van der Waals surface area (Å²) in [6.07, 6.45) is -53.8. The maximum absolute atomic E-state index is 12.6. The number of carbonyl (C=O) groups excluding carboxylic acids is 2. The maximum atomic E-state index is 12.6. The molecule has 0 aromatic heterocycles. The Morgan fingerprint density at radius 3 is 1.18 bits per heavy atom. The Balaban J connectivity index is 1.28. The van der Waals surface area contributed by atoms with Crippen molar-refractivity contribution in [1.82, 2.24) is 10.6 Å². The summed E-state index contributed by atoms with van der Waals surface area (Å²) < 4.78 is 62.5. The Bertz CT molecular complexity index is 1750. The number of nitrogens with one attached hydrogen (secondary N) is 2. The summed E-state index contributed by atoms with van der Waals surface area (Å²) in [5.41, 5.74) is 0. The number of amides is 2. The predicted octanol–water partition coefficient (Wildman–Crippen LogP) is -13.8. The minimum absolute atomic E-state index is 0.718. The van der Waals surface area contributed by atoms with Crippen LogP contribution in [-0.2, 0) is 61.7 Å². The molecular weight excluding hydrogens is 1000 g/mol. The molecule has 33 heteroatoms. The van der Waals surface area contributed by atoms with E-state index in [4.69, 9.17) is 52.1 Å². The van der Waals surface area contributed by atoms with Crippen molar-refractivity contribution in [1.29, 1.82) is 0 Å². The summed E-state index contributed by atoms with van der Waals surface area (Å²) in [5, 5.41) is 197. The summed E-state index contributed by atoms with van der Waals surface area (Å²) in [6, 6.07) is -3.30. The van der Waals surface area contributed by atoms with E-state index < -0.39 is 236 Å². The van der Waals surface area contributed by atoms with Gasteiger partial charge in [-0.3, -0.25) is 9.59 Å². The highest BCUT2D eigenvalue weighted by Gasteiger charge is 2.57. The fourth-order valence-corrected chi connectivity index (χ4v) is 9.21. The van der Waals surface area contributed by atoms with Crippen molar-refractivity contribution >= 4 is 11.8 Å². The molecule has 0 unspecified atom stereocenters. The molecule has 20 N–H and O–H groups in total. The molecule has 33 nitrogen and oxygen atoms in total. The summed E-state index contributed by atoms with van der Waals surface area (Å²) in [7, 11) is 0. The van der Waals surface area contributed by atoms with Crippen LogP contribution < -0.4 is 10.6 Å². The van der Waals surface area contributed by atoms with E-state index in [0.717, 1.165) is 13.8 Å². The molecular formula is C40H68N2O31. The molecule has 73 heavy (non-hydrogen) atoms. The van der Waals surface area contributed by atoms with E-state index in [1.807, 2.05) is 0 Å². The van der Waals surface area contributed by atoms with Crippen LogP contribution in [0.5, 0.6) is 0 Å². The monoisotopic (exact) mass is 1070 g/mol. The average molecular weight is 1070 g/mol. The van der Waals surface area contributed by atoms with Crippen molar-refractivity contribution in [2.75, 3.05) is 39.6 Å². The standard InChI is InChI=1S/C40H68N2O31/c1-9(48)41-17-23(54)31(14(6-46)64-35(17)62)70-36-18(42-10(2)49)24(55)32(15(7-47)68-36)71-40-30(61)34(22(53)16(69-40)8-63-37-27(58)25(56)19(50)11(3-43)65-37)73-39-29(60)33(21(52)13(5-45)67-39)72-38-28(59)26(57)20(51)12(4-44)66-38/h11-40,43-47,50-62H,3-8H2,1-2H3,(H,41,48)(H,42,49)/t11-,12-,13-,14-,15-,16-,17-,18-,19-,20-,21-,22-,23-,24-,25+,26+,27+,28+,29+,30+,31-,32-,33+,34+,35-,36+,37+,38+,39+,40+/m1/s1. The fraction of sp³-hybridized carbons (Fsp3) is 0.950. The van der Waals surface area contributed by atoms with Crippen LogP contribution in [0.15, 0.2) is 0 Å². The molecule has 0 radical (unpaired) electrons. The van der Waals surface area contributed by atoms with Crippen LogP contribution >= 0.6 is 0 Å². The van der Waals surface area contributed by atoms with Crippen molar-refractivity contribution in [2.24, 2.45) is 0 Å². The molecule has 6 rings (SSSR count). The highest BCUT2D eigenvalue weighted by molar-refractivity contribution is 5.73. The van der Waals surface area contributed by atoms with Gasteiger partial charge >= 0.3 is 0 Å². The van der Waals surface area contributed by atoms with Crippen LogP contribution in [-0.4, -0.2) is 327 Å². The first-order valence-electron chi connectivity index (χ1n) is 23.1. The molecule has 424 valence electrons. The number of hydrogen-bond acceptors (Lipinski definition) is 31. The first-order chi connectivity index (χ1) is 34.5. The molecule has 0 saturated carbocycles. The van der Waals surface area contributed by atoms with Gasteiger partial charge in [0.1, 0.15) is 146 Å². The first kappa shape index (κ1) is 60.0.